The number of piperidine rings is 1. The molecule has 0 bridgehead atoms. The van der Waals surface area contributed by atoms with Crippen molar-refractivity contribution >= 4 is 17.7 Å². The Morgan fingerprint density at radius 2 is 1.78 bits per heavy atom. The molecule has 0 aromatic rings. The zero-order valence-corrected chi connectivity index (χ0v) is 24.1. The molecule has 0 radical (unpaired) electrons. The van der Waals surface area contributed by atoms with Gasteiger partial charge in [0.2, 0.25) is 17.7 Å². The van der Waals surface area contributed by atoms with Gasteiger partial charge in [-0.25, -0.2) is 0 Å². The lowest BCUT2D eigenvalue weighted by Crippen LogP contribution is -2.59. The van der Waals surface area contributed by atoms with Gasteiger partial charge in [0, 0.05) is 26.3 Å². The molecule has 4 atom stereocenters. The number of nitrogens with zero attached hydrogens (tertiary/aromatic N) is 3. The maximum atomic E-state index is 13.8. The fourth-order valence-electron chi connectivity index (χ4n) is 5.42. The normalized spacial score (nSPS) is 23.5. The summed E-state index contributed by atoms with van der Waals surface area (Å²) in [6.45, 7) is 14.0. The second-order valence-corrected chi connectivity index (χ2v) is 12.1. The highest BCUT2D eigenvalue weighted by Gasteiger charge is 2.39. The number of likely N-dealkylation sites (tertiary alicyclic amines) is 2. The molecule has 0 spiro atoms. The number of carbonyl (C=O) groups excluding carboxylic acids is 3. The van der Waals surface area contributed by atoms with E-state index in [9.17, 15) is 14.4 Å². The van der Waals surface area contributed by atoms with Crippen LogP contribution in [-0.4, -0.2) is 97.5 Å². The van der Waals surface area contributed by atoms with Crippen LogP contribution in [0, 0.1) is 11.3 Å². The zero-order valence-electron chi connectivity index (χ0n) is 24.1. The van der Waals surface area contributed by atoms with Gasteiger partial charge < -0.3 is 19.9 Å². The van der Waals surface area contributed by atoms with Crippen molar-refractivity contribution in [3.05, 3.63) is 11.6 Å². The highest BCUT2D eigenvalue weighted by molar-refractivity contribution is 5.94. The van der Waals surface area contributed by atoms with Crippen LogP contribution in [0.25, 0.3) is 0 Å². The summed E-state index contributed by atoms with van der Waals surface area (Å²) in [5, 5.41) is 3.09. The van der Waals surface area contributed by atoms with Gasteiger partial charge in [0.15, 0.2) is 0 Å². The summed E-state index contributed by atoms with van der Waals surface area (Å²) in [6, 6.07) is -1.05. The molecule has 2 rings (SSSR count). The minimum atomic E-state index is -0.666. The fourth-order valence-corrected chi connectivity index (χ4v) is 5.42. The number of methoxy groups -OCH3 is 1. The summed E-state index contributed by atoms with van der Waals surface area (Å²) < 4.78 is 5.31. The number of rotatable bonds is 9. The monoisotopic (exact) mass is 506 g/mol. The van der Waals surface area contributed by atoms with Crippen molar-refractivity contribution in [2.45, 2.75) is 97.8 Å². The minimum absolute atomic E-state index is 0.00191. The van der Waals surface area contributed by atoms with Crippen molar-refractivity contribution in [3.63, 3.8) is 0 Å². The van der Waals surface area contributed by atoms with E-state index < -0.39 is 11.5 Å². The Morgan fingerprint density at radius 1 is 1.11 bits per heavy atom. The smallest absolute Gasteiger partial charge is 0.249 e. The van der Waals surface area contributed by atoms with E-state index in [4.69, 9.17) is 4.74 Å². The Kier molecular flexibility index (Phi) is 11.0. The average Bonchev–Trinajstić information content (AvgIpc) is 3.27. The van der Waals surface area contributed by atoms with E-state index in [1.807, 2.05) is 59.6 Å². The van der Waals surface area contributed by atoms with Crippen LogP contribution in [0.3, 0.4) is 0 Å². The summed E-state index contributed by atoms with van der Waals surface area (Å²) in [4.78, 5) is 46.0. The fraction of sp³-hybridized carbons (Fsp3) is 0.821. The highest BCUT2D eigenvalue weighted by atomic mass is 16.5. The molecule has 1 N–H and O–H groups in total. The van der Waals surface area contributed by atoms with Crippen LogP contribution >= 0.6 is 0 Å². The van der Waals surface area contributed by atoms with E-state index in [-0.39, 0.29) is 41.8 Å². The van der Waals surface area contributed by atoms with E-state index in [0.29, 0.717) is 12.2 Å². The molecular weight excluding hydrogens is 456 g/mol. The summed E-state index contributed by atoms with van der Waals surface area (Å²) in [5.74, 6) is -0.124. The number of nitrogens with one attached hydrogen (secondary N) is 1. The second-order valence-electron chi connectivity index (χ2n) is 12.1. The first-order valence-corrected chi connectivity index (χ1v) is 13.5. The van der Waals surface area contributed by atoms with Crippen LogP contribution in [0.15, 0.2) is 11.6 Å². The van der Waals surface area contributed by atoms with Crippen LogP contribution in [0.4, 0.5) is 0 Å². The number of hydrogen-bond donors (Lipinski definition) is 1. The molecule has 206 valence electrons. The topological polar surface area (TPSA) is 82.2 Å². The van der Waals surface area contributed by atoms with Gasteiger partial charge in [-0.1, -0.05) is 47.1 Å². The van der Waals surface area contributed by atoms with Crippen molar-refractivity contribution < 1.29 is 19.1 Å². The first-order chi connectivity index (χ1) is 16.8. The summed E-state index contributed by atoms with van der Waals surface area (Å²) in [5.41, 5.74) is 0.171. The molecule has 2 saturated heterocycles. The molecule has 8 nitrogen and oxygen atoms in total. The van der Waals surface area contributed by atoms with Gasteiger partial charge >= 0.3 is 0 Å². The Balaban J connectivity index is 2.22. The van der Waals surface area contributed by atoms with Gasteiger partial charge in [-0.2, -0.15) is 0 Å². The van der Waals surface area contributed by atoms with Crippen LogP contribution in [0.1, 0.15) is 73.6 Å². The average molecular weight is 507 g/mol. The molecule has 36 heavy (non-hydrogen) atoms. The molecule has 0 saturated carbocycles. The van der Waals surface area contributed by atoms with E-state index in [0.717, 1.165) is 45.2 Å². The molecule has 0 unspecified atom stereocenters. The Morgan fingerprint density at radius 3 is 2.33 bits per heavy atom. The van der Waals surface area contributed by atoms with Gasteiger partial charge in [-0.15, -0.1) is 0 Å². The molecule has 2 aliphatic heterocycles. The van der Waals surface area contributed by atoms with Crippen molar-refractivity contribution in [1.29, 1.82) is 0 Å². The minimum Gasteiger partial charge on any atom is -0.383 e. The summed E-state index contributed by atoms with van der Waals surface area (Å²) in [6.07, 6.45) is 6.76. The van der Waals surface area contributed by atoms with Crippen molar-refractivity contribution in [2.24, 2.45) is 11.3 Å². The number of hydrogen-bond acceptors (Lipinski definition) is 5. The number of ether oxygens (including phenoxy) is 1. The van der Waals surface area contributed by atoms with Crippen molar-refractivity contribution in [3.8, 4) is 0 Å². The Labute approximate surface area is 218 Å². The maximum absolute atomic E-state index is 13.8. The quantitative estimate of drug-likeness (QED) is 0.486. The molecule has 0 aliphatic carbocycles. The van der Waals surface area contributed by atoms with Crippen LogP contribution in [0.2, 0.25) is 0 Å². The molecule has 2 fully saturated rings. The largest absolute Gasteiger partial charge is 0.383 e. The molecule has 8 heteroatoms. The van der Waals surface area contributed by atoms with Gasteiger partial charge in [0.1, 0.15) is 6.04 Å². The Bertz CT molecular complexity index is 804. The summed E-state index contributed by atoms with van der Waals surface area (Å²) in [7, 11) is 5.42. The predicted octanol–water partition coefficient (Wildman–Crippen LogP) is 3.07. The number of amides is 3. The van der Waals surface area contributed by atoms with E-state index in [1.54, 1.807) is 19.1 Å². The third kappa shape index (κ3) is 7.54. The first-order valence-electron chi connectivity index (χ1n) is 13.5. The number of likely N-dealkylation sites (N-methyl/N-ethyl adjacent to an activating group) is 2. The van der Waals surface area contributed by atoms with Crippen LogP contribution in [0.5, 0.6) is 0 Å². The number of carbonyl (C=O) groups is 3. The van der Waals surface area contributed by atoms with E-state index in [2.05, 4.69) is 10.2 Å². The van der Waals surface area contributed by atoms with Crippen LogP contribution in [-0.2, 0) is 19.1 Å². The lowest BCUT2D eigenvalue weighted by molar-refractivity contribution is -0.141. The molecule has 2 heterocycles. The SMILES string of the molecule is COC[C@@H]1CCCN1C(=O)C(C)=C[C@H](C(C)C)N(C)C(=O)[C@@H](NC(=O)[C@H]1CCCCN1C)C(C)(C)C. The van der Waals surface area contributed by atoms with Gasteiger partial charge in [-0.3, -0.25) is 19.3 Å². The van der Waals surface area contributed by atoms with Gasteiger partial charge in [0.25, 0.3) is 0 Å². The van der Waals surface area contributed by atoms with Crippen molar-refractivity contribution in [1.82, 2.24) is 20.0 Å². The molecule has 3 amide bonds. The second kappa shape index (κ2) is 13.0. The lowest BCUT2D eigenvalue weighted by atomic mass is 9.84. The molecular formula is C28H50N4O4. The highest BCUT2D eigenvalue weighted by Crippen LogP contribution is 2.26. The molecule has 0 aromatic carbocycles. The Hall–Kier alpha value is -1.93. The molecule has 2 aliphatic rings. The van der Waals surface area contributed by atoms with Crippen molar-refractivity contribution in [2.75, 3.05) is 40.9 Å². The van der Waals surface area contributed by atoms with Gasteiger partial charge in [-0.05, 0) is 57.5 Å². The first kappa shape index (κ1) is 30.3. The lowest BCUT2D eigenvalue weighted by Gasteiger charge is -2.39. The maximum Gasteiger partial charge on any atom is 0.249 e. The summed E-state index contributed by atoms with van der Waals surface area (Å²) >= 11 is 0. The zero-order chi connectivity index (χ0) is 27.2. The van der Waals surface area contributed by atoms with Crippen LogP contribution < -0.4 is 5.32 Å². The third-order valence-corrected chi connectivity index (χ3v) is 7.71. The van der Waals surface area contributed by atoms with E-state index >= 15 is 0 Å². The van der Waals surface area contributed by atoms with E-state index in [1.165, 1.54) is 0 Å². The molecule has 0 aromatic heterocycles. The standard InChI is InChI=1S/C28H50N4O4/c1-19(2)23(17-20(3)26(34)32-16-12-13-21(32)18-36-9)31(8)27(35)24(28(4,5)6)29-25(33)22-14-10-11-15-30(22)7/h17,19,21-24H,10-16,18H2,1-9H3,(H,29,33)/t21-,22+,23+,24+/m0/s1. The van der Waals surface area contributed by atoms with Gasteiger partial charge in [0.05, 0.1) is 24.7 Å². The predicted molar refractivity (Wildman–Crippen MR) is 143 cm³/mol. The third-order valence-electron chi connectivity index (χ3n) is 7.71.